The van der Waals surface area contributed by atoms with Crippen molar-refractivity contribution in [2.45, 2.75) is 46.5 Å². The molecule has 0 unspecified atom stereocenters. The molecule has 0 heterocycles. The number of rotatable bonds is 9. The number of unbranched alkanes of at least 4 members (excludes halogenated alkanes) is 1. The molecule has 0 amide bonds. The highest BCUT2D eigenvalue weighted by atomic mass is 15.1. The Morgan fingerprint density at radius 2 is 1.50 bits per heavy atom. The lowest BCUT2D eigenvalue weighted by atomic mass is 10.2. The molecule has 0 radical (unpaired) electrons. The van der Waals surface area contributed by atoms with Gasteiger partial charge in [0.25, 0.3) is 0 Å². The van der Waals surface area contributed by atoms with E-state index in [9.17, 15) is 0 Å². The number of nitrogens with one attached hydrogen (secondary N) is 1. The highest BCUT2D eigenvalue weighted by Gasteiger charge is 2.03. The predicted molar refractivity (Wildman–Crippen MR) is 82.6 cm³/mol. The summed E-state index contributed by atoms with van der Waals surface area (Å²) >= 11 is 0. The first-order chi connectivity index (χ1) is 8.81. The number of anilines is 2. The zero-order valence-corrected chi connectivity index (χ0v) is 12.2. The number of hydrogen-bond acceptors (Lipinski definition) is 2. The molecule has 2 nitrogen and oxygen atoms in total. The molecular formula is C16H28N2. The largest absolute Gasteiger partial charge is 0.385 e. The van der Waals surface area contributed by atoms with Gasteiger partial charge in [-0.1, -0.05) is 27.2 Å². The standard InChI is InChI=1S/C16H28N2/c1-4-7-12-17-15-8-10-16(11-9-15)18(13-5-2)14-6-3/h8-11,17H,4-7,12-14H2,1-3H3. The van der Waals surface area contributed by atoms with Gasteiger partial charge in [-0.25, -0.2) is 0 Å². The summed E-state index contributed by atoms with van der Waals surface area (Å²) < 4.78 is 0. The van der Waals surface area contributed by atoms with Crippen LogP contribution in [0.1, 0.15) is 46.5 Å². The Labute approximate surface area is 112 Å². The van der Waals surface area contributed by atoms with Gasteiger partial charge >= 0.3 is 0 Å². The van der Waals surface area contributed by atoms with Gasteiger partial charge in [-0.2, -0.15) is 0 Å². The lowest BCUT2D eigenvalue weighted by molar-refractivity contribution is 0.745. The first-order valence-corrected chi connectivity index (χ1v) is 7.40. The van der Waals surface area contributed by atoms with Gasteiger partial charge in [0.05, 0.1) is 0 Å². The first-order valence-electron chi connectivity index (χ1n) is 7.40. The van der Waals surface area contributed by atoms with Crippen molar-refractivity contribution in [3.63, 3.8) is 0 Å². The molecular weight excluding hydrogens is 220 g/mol. The van der Waals surface area contributed by atoms with Crippen molar-refractivity contribution in [3.8, 4) is 0 Å². The highest BCUT2D eigenvalue weighted by molar-refractivity contribution is 5.55. The first kappa shape index (κ1) is 14.9. The lowest BCUT2D eigenvalue weighted by Gasteiger charge is -2.24. The minimum Gasteiger partial charge on any atom is -0.385 e. The molecule has 1 N–H and O–H groups in total. The monoisotopic (exact) mass is 248 g/mol. The molecule has 0 saturated carbocycles. The summed E-state index contributed by atoms with van der Waals surface area (Å²) in [7, 11) is 0. The number of hydrogen-bond donors (Lipinski definition) is 1. The maximum atomic E-state index is 3.46. The molecule has 0 saturated heterocycles. The normalized spacial score (nSPS) is 10.4. The lowest BCUT2D eigenvalue weighted by Crippen LogP contribution is -2.24. The van der Waals surface area contributed by atoms with E-state index in [0.29, 0.717) is 0 Å². The number of benzene rings is 1. The van der Waals surface area contributed by atoms with Gasteiger partial charge in [-0.15, -0.1) is 0 Å². The van der Waals surface area contributed by atoms with E-state index in [4.69, 9.17) is 0 Å². The average molecular weight is 248 g/mol. The van der Waals surface area contributed by atoms with Crippen molar-refractivity contribution >= 4 is 11.4 Å². The molecule has 0 aliphatic heterocycles. The maximum Gasteiger partial charge on any atom is 0.0367 e. The fourth-order valence-corrected chi connectivity index (χ4v) is 2.11. The van der Waals surface area contributed by atoms with Gasteiger partial charge in [0, 0.05) is 31.0 Å². The van der Waals surface area contributed by atoms with E-state index in [-0.39, 0.29) is 0 Å². The van der Waals surface area contributed by atoms with E-state index in [2.05, 4.69) is 55.3 Å². The Bertz CT molecular complexity index is 299. The zero-order chi connectivity index (χ0) is 13.2. The zero-order valence-electron chi connectivity index (χ0n) is 12.2. The van der Waals surface area contributed by atoms with Gasteiger partial charge in [-0.3, -0.25) is 0 Å². The molecule has 1 rings (SSSR count). The second-order valence-electron chi connectivity index (χ2n) is 4.81. The third-order valence-electron chi connectivity index (χ3n) is 3.08. The van der Waals surface area contributed by atoms with Crippen molar-refractivity contribution in [1.82, 2.24) is 0 Å². The van der Waals surface area contributed by atoms with Crippen molar-refractivity contribution in [2.24, 2.45) is 0 Å². The predicted octanol–water partition coefficient (Wildman–Crippen LogP) is 4.53. The summed E-state index contributed by atoms with van der Waals surface area (Å²) in [5.74, 6) is 0. The quantitative estimate of drug-likeness (QED) is 0.646. The van der Waals surface area contributed by atoms with Crippen LogP contribution in [0, 0.1) is 0 Å². The second-order valence-corrected chi connectivity index (χ2v) is 4.81. The average Bonchev–Trinajstić information content (AvgIpc) is 2.40. The van der Waals surface area contributed by atoms with Crippen LogP contribution in [0.5, 0.6) is 0 Å². The van der Waals surface area contributed by atoms with Crippen LogP contribution in [0.4, 0.5) is 11.4 Å². The second kappa shape index (κ2) is 8.84. The Kier molecular flexibility index (Phi) is 7.31. The maximum absolute atomic E-state index is 3.46. The fourth-order valence-electron chi connectivity index (χ4n) is 2.11. The van der Waals surface area contributed by atoms with Crippen LogP contribution in [0.25, 0.3) is 0 Å². The Morgan fingerprint density at radius 3 is 2.00 bits per heavy atom. The van der Waals surface area contributed by atoms with E-state index in [0.717, 1.165) is 19.6 Å². The van der Waals surface area contributed by atoms with Crippen molar-refractivity contribution in [3.05, 3.63) is 24.3 Å². The van der Waals surface area contributed by atoms with Gasteiger partial charge in [-0.05, 0) is 43.5 Å². The van der Waals surface area contributed by atoms with Crippen LogP contribution in [-0.4, -0.2) is 19.6 Å². The molecule has 18 heavy (non-hydrogen) atoms. The molecule has 0 spiro atoms. The Balaban J connectivity index is 2.56. The summed E-state index contributed by atoms with van der Waals surface area (Å²) in [6.07, 6.45) is 4.89. The smallest absolute Gasteiger partial charge is 0.0367 e. The molecule has 0 bridgehead atoms. The van der Waals surface area contributed by atoms with Crippen LogP contribution in [0.2, 0.25) is 0 Å². The fraction of sp³-hybridized carbons (Fsp3) is 0.625. The van der Waals surface area contributed by atoms with E-state index in [1.807, 2.05) is 0 Å². The van der Waals surface area contributed by atoms with Crippen molar-refractivity contribution < 1.29 is 0 Å². The molecule has 0 fully saturated rings. The van der Waals surface area contributed by atoms with Crippen molar-refractivity contribution in [1.29, 1.82) is 0 Å². The van der Waals surface area contributed by atoms with E-state index in [1.54, 1.807) is 0 Å². The van der Waals surface area contributed by atoms with E-state index < -0.39 is 0 Å². The number of nitrogens with zero attached hydrogens (tertiary/aromatic N) is 1. The summed E-state index contributed by atoms with van der Waals surface area (Å²) in [6.45, 7) is 10.1. The summed E-state index contributed by atoms with van der Waals surface area (Å²) in [4.78, 5) is 2.47. The molecule has 0 aromatic heterocycles. The third-order valence-corrected chi connectivity index (χ3v) is 3.08. The summed E-state index contributed by atoms with van der Waals surface area (Å²) in [5.41, 5.74) is 2.58. The van der Waals surface area contributed by atoms with E-state index in [1.165, 1.54) is 37.1 Å². The molecule has 0 atom stereocenters. The van der Waals surface area contributed by atoms with E-state index >= 15 is 0 Å². The van der Waals surface area contributed by atoms with Crippen LogP contribution >= 0.6 is 0 Å². The molecule has 1 aromatic rings. The Hall–Kier alpha value is -1.18. The SMILES string of the molecule is CCCCNc1ccc(N(CCC)CCC)cc1. The molecule has 0 aliphatic carbocycles. The van der Waals surface area contributed by atoms with Crippen molar-refractivity contribution in [2.75, 3.05) is 29.9 Å². The minimum atomic E-state index is 1.07. The third kappa shape index (κ3) is 4.99. The van der Waals surface area contributed by atoms with Crippen LogP contribution in [0.3, 0.4) is 0 Å². The highest BCUT2D eigenvalue weighted by Crippen LogP contribution is 2.18. The van der Waals surface area contributed by atoms with Crippen LogP contribution in [-0.2, 0) is 0 Å². The van der Waals surface area contributed by atoms with Gasteiger partial charge in [0.2, 0.25) is 0 Å². The van der Waals surface area contributed by atoms with Gasteiger partial charge in [0.1, 0.15) is 0 Å². The van der Waals surface area contributed by atoms with Crippen LogP contribution in [0.15, 0.2) is 24.3 Å². The Morgan fingerprint density at radius 1 is 0.889 bits per heavy atom. The molecule has 102 valence electrons. The van der Waals surface area contributed by atoms with Crippen LogP contribution < -0.4 is 10.2 Å². The molecule has 1 aromatic carbocycles. The minimum absolute atomic E-state index is 1.07. The summed E-state index contributed by atoms with van der Waals surface area (Å²) in [5, 5.41) is 3.46. The molecule has 2 heteroatoms. The van der Waals surface area contributed by atoms with Gasteiger partial charge < -0.3 is 10.2 Å². The van der Waals surface area contributed by atoms with Gasteiger partial charge in [0.15, 0.2) is 0 Å². The molecule has 0 aliphatic rings. The summed E-state index contributed by atoms with van der Waals surface area (Å²) in [6, 6.07) is 8.87. The topological polar surface area (TPSA) is 15.3 Å².